The van der Waals surface area contributed by atoms with Gasteiger partial charge in [0.15, 0.2) is 0 Å². The van der Waals surface area contributed by atoms with E-state index in [0.29, 0.717) is 56.5 Å². The second kappa shape index (κ2) is 19.5. The van der Waals surface area contributed by atoms with E-state index in [1.165, 1.54) is 36.0 Å². The van der Waals surface area contributed by atoms with Gasteiger partial charge in [-0.1, -0.05) is 47.2 Å². The van der Waals surface area contributed by atoms with Gasteiger partial charge < -0.3 is 9.84 Å². The van der Waals surface area contributed by atoms with Gasteiger partial charge in [0, 0.05) is 35.0 Å². The number of alkyl halides is 6. The molecule has 6 rings (SSSR count). The van der Waals surface area contributed by atoms with E-state index in [9.17, 15) is 35.9 Å². The standard InChI is InChI=1S/C21H16ClF3N2O2S.C19H12ClF3N2O2S/c1-2-29-20(28)13-30-12-17-18(27-11-16(22)7-9-19(27)26-17)8-6-14-4-3-5-15(10-14)21(23,24)25;20-14-5-7-17-24-15(10-28-11-18(26)27)16(25(17)9-14)6-4-12-2-1-3-13(8-12)19(21,22)23/h3-5,7,9-11H,2,12-13H2,1H3;1-3,5,7-9H,10-11H2,(H,26,27). The monoisotopic (exact) mass is 876 g/mol. The van der Waals surface area contributed by atoms with E-state index >= 15 is 0 Å². The van der Waals surface area contributed by atoms with Crippen LogP contribution in [0.25, 0.3) is 11.3 Å². The average Bonchev–Trinajstić information content (AvgIpc) is 3.68. The van der Waals surface area contributed by atoms with Gasteiger partial charge >= 0.3 is 24.3 Å². The third-order valence-corrected chi connectivity index (χ3v) is 9.86. The van der Waals surface area contributed by atoms with Gasteiger partial charge in [0.2, 0.25) is 0 Å². The van der Waals surface area contributed by atoms with Crippen molar-refractivity contribution in [2.75, 3.05) is 18.1 Å². The highest BCUT2D eigenvalue weighted by atomic mass is 35.5. The SMILES string of the molecule is CCOC(=O)CSCc1nc2ccc(Cl)cn2c1C#Cc1cccc(C(F)(F)F)c1.O=C(O)CSCc1nc2ccc(Cl)cn2c1C#Cc1cccc(C(F)(F)F)c1. The molecular weight excluding hydrogens is 849 g/mol. The Balaban J connectivity index is 0.000000221. The Hall–Kier alpha value is -5.26. The fraction of sp³-hybridized carbons (Fsp3) is 0.200. The summed E-state index contributed by atoms with van der Waals surface area (Å²) in [6.45, 7) is 2.04. The van der Waals surface area contributed by atoms with Gasteiger partial charge in [-0.2, -0.15) is 26.3 Å². The number of pyridine rings is 2. The first-order chi connectivity index (χ1) is 27.5. The van der Waals surface area contributed by atoms with Crippen LogP contribution in [0.3, 0.4) is 0 Å². The van der Waals surface area contributed by atoms with Crippen molar-refractivity contribution in [3.8, 4) is 23.7 Å². The molecule has 4 aromatic heterocycles. The van der Waals surface area contributed by atoms with Crippen molar-refractivity contribution < 1.29 is 45.8 Å². The fourth-order valence-corrected chi connectivity index (χ4v) is 6.82. The lowest BCUT2D eigenvalue weighted by Crippen LogP contribution is -2.07. The molecule has 18 heteroatoms. The molecule has 0 bridgehead atoms. The zero-order chi connectivity index (χ0) is 42.0. The number of carbonyl (C=O) groups is 2. The highest BCUT2D eigenvalue weighted by Crippen LogP contribution is 2.31. The third-order valence-electron chi connectivity index (χ3n) is 7.57. The number of rotatable bonds is 9. The Kier molecular flexibility index (Phi) is 14.7. The second-order valence-corrected chi connectivity index (χ2v) is 14.7. The number of imidazole rings is 2. The predicted octanol–water partition coefficient (Wildman–Crippen LogP) is 9.93. The molecule has 0 atom stereocenters. The lowest BCUT2D eigenvalue weighted by Gasteiger charge is -2.05. The summed E-state index contributed by atoms with van der Waals surface area (Å²) in [6, 6.07) is 16.3. The Labute approximate surface area is 345 Å². The molecule has 0 fully saturated rings. The Bertz CT molecular complexity index is 2590. The van der Waals surface area contributed by atoms with Gasteiger partial charge in [-0.25, -0.2) is 9.97 Å². The molecule has 58 heavy (non-hydrogen) atoms. The molecule has 0 amide bonds. The summed E-state index contributed by atoms with van der Waals surface area (Å²) in [5, 5.41) is 9.70. The van der Waals surface area contributed by atoms with Crippen molar-refractivity contribution in [3.05, 3.63) is 140 Å². The zero-order valence-electron chi connectivity index (χ0n) is 29.9. The minimum Gasteiger partial charge on any atom is -0.481 e. The number of fused-ring (bicyclic) bond motifs is 2. The molecule has 1 N–H and O–H groups in total. The topological polar surface area (TPSA) is 98.2 Å². The number of aromatic nitrogens is 4. The number of carboxylic acid groups (broad SMARTS) is 1. The van der Waals surface area contributed by atoms with E-state index in [4.69, 9.17) is 33.0 Å². The van der Waals surface area contributed by atoms with E-state index in [0.717, 1.165) is 36.0 Å². The predicted molar refractivity (Wildman–Crippen MR) is 212 cm³/mol. The minimum atomic E-state index is -4.45. The van der Waals surface area contributed by atoms with Crippen LogP contribution in [-0.4, -0.2) is 53.9 Å². The normalized spacial score (nSPS) is 11.3. The maximum Gasteiger partial charge on any atom is 0.416 e. The van der Waals surface area contributed by atoms with Crippen LogP contribution < -0.4 is 0 Å². The zero-order valence-corrected chi connectivity index (χ0v) is 33.1. The van der Waals surface area contributed by atoms with Crippen LogP contribution in [0.2, 0.25) is 10.0 Å². The molecule has 0 radical (unpaired) electrons. The first-order valence-electron chi connectivity index (χ1n) is 16.8. The summed E-state index contributed by atoms with van der Waals surface area (Å²) in [4.78, 5) is 31.2. The van der Waals surface area contributed by atoms with Crippen LogP contribution in [0.5, 0.6) is 0 Å². The molecule has 8 nitrogen and oxygen atoms in total. The number of thioether (sulfide) groups is 2. The molecule has 0 saturated heterocycles. The van der Waals surface area contributed by atoms with Crippen molar-refractivity contribution in [1.29, 1.82) is 0 Å². The lowest BCUT2D eigenvalue weighted by atomic mass is 10.1. The number of hydrogen-bond donors (Lipinski definition) is 1. The first kappa shape index (κ1) is 43.9. The van der Waals surface area contributed by atoms with Crippen LogP contribution in [-0.2, 0) is 38.2 Å². The number of nitrogens with zero attached hydrogens (tertiary/aromatic N) is 4. The van der Waals surface area contributed by atoms with E-state index in [2.05, 4.69) is 33.6 Å². The number of benzene rings is 2. The largest absolute Gasteiger partial charge is 0.481 e. The lowest BCUT2D eigenvalue weighted by molar-refractivity contribution is -0.140. The molecule has 2 aromatic carbocycles. The summed E-state index contributed by atoms with van der Waals surface area (Å²) in [7, 11) is 0. The molecule has 0 aliphatic rings. The molecule has 0 saturated carbocycles. The fourth-order valence-electron chi connectivity index (χ4n) is 5.08. The number of aliphatic carboxylic acids is 1. The van der Waals surface area contributed by atoms with Crippen molar-refractivity contribution in [1.82, 2.24) is 18.8 Å². The number of ether oxygens (including phenoxy) is 1. The quantitative estimate of drug-likeness (QED) is 0.0872. The summed E-state index contributed by atoms with van der Waals surface area (Å²) < 4.78 is 85.7. The van der Waals surface area contributed by atoms with Crippen LogP contribution in [0.4, 0.5) is 26.3 Å². The smallest absolute Gasteiger partial charge is 0.416 e. The van der Waals surface area contributed by atoms with Crippen molar-refractivity contribution in [2.45, 2.75) is 30.8 Å². The van der Waals surface area contributed by atoms with Gasteiger partial charge in [-0.05, 0) is 79.4 Å². The number of halogens is 8. The van der Waals surface area contributed by atoms with E-state index < -0.39 is 29.4 Å². The van der Waals surface area contributed by atoms with Crippen LogP contribution in [0.15, 0.2) is 85.2 Å². The molecule has 4 heterocycles. The van der Waals surface area contributed by atoms with Crippen LogP contribution in [0.1, 0.15) is 52.0 Å². The summed E-state index contributed by atoms with van der Waals surface area (Å²) in [6.07, 6.45) is -5.65. The average molecular weight is 878 g/mol. The molecule has 0 aliphatic heterocycles. The first-order valence-corrected chi connectivity index (χ1v) is 19.8. The third kappa shape index (κ3) is 12.1. The summed E-state index contributed by atoms with van der Waals surface area (Å²) in [5.74, 6) is 10.7. The van der Waals surface area contributed by atoms with E-state index in [1.54, 1.807) is 52.4 Å². The molecule has 6 aromatic rings. The van der Waals surface area contributed by atoms with Crippen molar-refractivity contribution in [3.63, 3.8) is 0 Å². The second-order valence-electron chi connectivity index (χ2n) is 11.8. The molecule has 0 unspecified atom stereocenters. The molecule has 0 aliphatic carbocycles. The number of hydrogen-bond acceptors (Lipinski definition) is 7. The highest BCUT2D eigenvalue weighted by molar-refractivity contribution is 7.99. The Morgan fingerprint density at radius 1 is 0.707 bits per heavy atom. The summed E-state index contributed by atoms with van der Waals surface area (Å²) >= 11 is 14.6. The summed E-state index contributed by atoms with van der Waals surface area (Å²) in [5.41, 5.74) is 2.14. The van der Waals surface area contributed by atoms with Crippen LogP contribution >= 0.6 is 46.7 Å². The van der Waals surface area contributed by atoms with Gasteiger partial charge in [0.25, 0.3) is 0 Å². The molecule has 0 spiro atoms. The molecular formula is C40H28Cl2F6N4O4S2. The van der Waals surface area contributed by atoms with E-state index in [-0.39, 0.29) is 34.4 Å². The Morgan fingerprint density at radius 2 is 1.16 bits per heavy atom. The number of carboxylic acids is 1. The van der Waals surface area contributed by atoms with Gasteiger partial charge in [0.05, 0.1) is 50.7 Å². The van der Waals surface area contributed by atoms with Gasteiger partial charge in [-0.3, -0.25) is 18.4 Å². The van der Waals surface area contributed by atoms with Gasteiger partial charge in [-0.15, -0.1) is 23.5 Å². The Morgan fingerprint density at radius 3 is 1.57 bits per heavy atom. The maximum absolute atomic E-state index is 12.9. The van der Waals surface area contributed by atoms with Gasteiger partial charge in [0.1, 0.15) is 22.7 Å². The van der Waals surface area contributed by atoms with Crippen LogP contribution in [0, 0.1) is 23.7 Å². The minimum absolute atomic E-state index is 0.102. The van der Waals surface area contributed by atoms with Crippen molar-refractivity contribution >= 4 is 70.0 Å². The number of carbonyl (C=O) groups excluding carboxylic acids is 1. The molecule has 300 valence electrons. The number of esters is 1. The highest BCUT2D eigenvalue weighted by Gasteiger charge is 2.31. The van der Waals surface area contributed by atoms with Crippen molar-refractivity contribution in [2.24, 2.45) is 0 Å². The maximum atomic E-state index is 12.9. The van der Waals surface area contributed by atoms with E-state index in [1.807, 2.05) is 0 Å².